The van der Waals surface area contributed by atoms with Gasteiger partial charge in [-0.15, -0.1) is 0 Å². The number of sulfone groups is 1. The normalized spacial score (nSPS) is 11.5. The standard InChI is InChI=1S/C21H16F4N4O6S/c1-34-15-6-7-26-18(22)17(15)20(31)29-14-10-27-16(35-2)9-13(14)19(30)28-11-4-3-5-12(8-11)36(32,33)21(23,24)25/h3-10H,1-2H3,(H,28,30)(H,29,31). The minimum absolute atomic E-state index is 0.0725. The molecule has 0 atom stereocenters. The number of hydrogen-bond acceptors (Lipinski definition) is 8. The summed E-state index contributed by atoms with van der Waals surface area (Å²) in [4.78, 5) is 31.8. The molecular weight excluding hydrogens is 512 g/mol. The maximum Gasteiger partial charge on any atom is 0.501 e. The number of hydrogen-bond donors (Lipinski definition) is 2. The summed E-state index contributed by atoms with van der Waals surface area (Å²) in [6.45, 7) is 0. The predicted molar refractivity (Wildman–Crippen MR) is 117 cm³/mol. The molecule has 0 fully saturated rings. The molecular formula is C21H16F4N4O6S. The summed E-state index contributed by atoms with van der Waals surface area (Å²) < 4.78 is 86.1. The molecule has 0 aliphatic heterocycles. The molecule has 0 aliphatic carbocycles. The van der Waals surface area contributed by atoms with Crippen molar-refractivity contribution in [3.8, 4) is 11.6 Å². The van der Waals surface area contributed by atoms with Crippen LogP contribution < -0.4 is 20.1 Å². The summed E-state index contributed by atoms with van der Waals surface area (Å²) in [6.07, 6.45) is 2.10. The van der Waals surface area contributed by atoms with E-state index >= 15 is 0 Å². The van der Waals surface area contributed by atoms with E-state index in [-0.39, 0.29) is 28.6 Å². The molecule has 2 N–H and O–H groups in total. The fraction of sp³-hybridized carbons (Fsp3) is 0.143. The zero-order valence-electron chi connectivity index (χ0n) is 18.4. The van der Waals surface area contributed by atoms with E-state index in [9.17, 15) is 35.6 Å². The molecule has 1 aromatic carbocycles. The highest BCUT2D eigenvalue weighted by molar-refractivity contribution is 7.92. The van der Waals surface area contributed by atoms with Crippen LogP contribution in [0.15, 0.2) is 53.7 Å². The second-order valence-corrected chi connectivity index (χ2v) is 8.78. The lowest BCUT2D eigenvalue weighted by molar-refractivity contribution is -0.0436. The Morgan fingerprint density at radius 1 is 0.972 bits per heavy atom. The van der Waals surface area contributed by atoms with E-state index in [2.05, 4.69) is 20.6 Å². The Labute approximate surface area is 201 Å². The van der Waals surface area contributed by atoms with Crippen LogP contribution in [0.1, 0.15) is 20.7 Å². The van der Waals surface area contributed by atoms with Gasteiger partial charge in [0, 0.05) is 18.0 Å². The Morgan fingerprint density at radius 2 is 1.69 bits per heavy atom. The lowest BCUT2D eigenvalue weighted by Crippen LogP contribution is -2.23. The van der Waals surface area contributed by atoms with Crippen LogP contribution in [0.4, 0.5) is 28.9 Å². The summed E-state index contributed by atoms with van der Waals surface area (Å²) in [5.74, 6) is -3.39. The molecule has 0 saturated heterocycles. The molecule has 0 spiro atoms. The van der Waals surface area contributed by atoms with E-state index in [1.807, 2.05) is 0 Å². The Morgan fingerprint density at radius 3 is 2.33 bits per heavy atom. The van der Waals surface area contributed by atoms with Gasteiger partial charge >= 0.3 is 5.51 Å². The molecule has 3 rings (SSSR count). The van der Waals surface area contributed by atoms with Crippen molar-refractivity contribution in [2.75, 3.05) is 24.9 Å². The van der Waals surface area contributed by atoms with Gasteiger partial charge in [0.2, 0.25) is 11.8 Å². The maximum absolute atomic E-state index is 14.2. The monoisotopic (exact) mass is 528 g/mol. The van der Waals surface area contributed by atoms with Gasteiger partial charge in [0.05, 0.1) is 36.6 Å². The number of rotatable bonds is 7. The van der Waals surface area contributed by atoms with E-state index in [1.54, 1.807) is 0 Å². The number of carbonyl (C=O) groups is 2. The molecule has 190 valence electrons. The second kappa shape index (κ2) is 10.2. The highest BCUT2D eigenvalue weighted by Crippen LogP contribution is 2.31. The van der Waals surface area contributed by atoms with E-state index in [0.29, 0.717) is 6.07 Å². The summed E-state index contributed by atoms with van der Waals surface area (Å²) in [7, 11) is -3.23. The number of methoxy groups -OCH3 is 2. The highest BCUT2D eigenvalue weighted by Gasteiger charge is 2.46. The Bertz CT molecular complexity index is 1430. The summed E-state index contributed by atoms with van der Waals surface area (Å²) in [5.41, 5.74) is -6.93. The number of nitrogens with zero attached hydrogens (tertiary/aromatic N) is 2. The van der Waals surface area contributed by atoms with Crippen LogP contribution in [0.3, 0.4) is 0 Å². The van der Waals surface area contributed by atoms with Crippen molar-refractivity contribution in [2.45, 2.75) is 10.4 Å². The second-order valence-electron chi connectivity index (χ2n) is 6.84. The number of amides is 2. The third kappa shape index (κ3) is 5.35. The first-order valence-corrected chi connectivity index (χ1v) is 11.1. The van der Waals surface area contributed by atoms with E-state index in [0.717, 1.165) is 36.7 Å². The zero-order chi connectivity index (χ0) is 26.7. The summed E-state index contributed by atoms with van der Waals surface area (Å²) >= 11 is 0. The largest absolute Gasteiger partial charge is 0.501 e. The van der Waals surface area contributed by atoms with Gasteiger partial charge in [-0.1, -0.05) is 6.07 Å². The minimum Gasteiger partial charge on any atom is -0.496 e. The average molecular weight is 528 g/mol. The smallest absolute Gasteiger partial charge is 0.496 e. The molecule has 10 nitrogen and oxygen atoms in total. The topological polar surface area (TPSA) is 137 Å². The van der Waals surface area contributed by atoms with Crippen LogP contribution in [0, 0.1) is 5.95 Å². The van der Waals surface area contributed by atoms with Gasteiger partial charge in [0.25, 0.3) is 21.7 Å². The molecule has 15 heteroatoms. The maximum atomic E-state index is 14.2. The molecule has 0 radical (unpaired) electrons. The van der Waals surface area contributed by atoms with Gasteiger partial charge < -0.3 is 20.1 Å². The number of alkyl halides is 3. The third-order valence-electron chi connectivity index (χ3n) is 4.60. The van der Waals surface area contributed by atoms with Crippen molar-refractivity contribution in [2.24, 2.45) is 0 Å². The van der Waals surface area contributed by atoms with E-state index in [1.165, 1.54) is 20.3 Å². The number of anilines is 2. The Kier molecular flexibility index (Phi) is 7.43. The van der Waals surface area contributed by atoms with Crippen molar-refractivity contribution in [3.63, 3.8) is 0 Å². The first-order valence-electron chi connectivity index (χ1n) is 9.65. The quantitative estimate of drug-likeness (QED) is 0.352. The number of halogens is 4. The molecule has 0 aliphatic rings. The van der Waals surface area contributed by atoms with Gasteiger partial charge in [-0.05, 0) is 24.3 Å². The lowest BCUT2D eigenvalue weighted by Gasteiger charge is -2.14. The molecule has 36 heavy (non-hydrogen) atoms. The van der Waals surface area contributed by atoms with E-state index in [4.69, 9.17) is 9.47 Å². The van der Waals surface area contributed by atoms with Crippen LogP contribution in [-0.4, -0.2) is 49.9 Å². The van der Waals surface area contributed by atoms with Crippen LogP contribution in [-0.2, 0) is 9.84 Å². The molecule has 0 saturated carbocycles. The number of ether oxygens (including phenoxy) is 2. The highest BCUT2D eigenvalue weighted by atomic mass is 32.2. The van der Waals surface area contributed by atoms with Gasteiger partial charge in [0.15, 0.2) is 0 Å². The summed E-state index contributed by atoms with van der Waals surface area (Å²) in [6, 6.07) is 5.82. The predicted octanol–water partition coefficient (Wildman–Crippen LogP) is 3.43. The number of pyridine rings is 2. The first kappa shape index (κ1) is 26.3. The Hall–Kier alpha value is -4.27. The van der Waals surface area contributed by atoms with Crippen molar-refractivity contribution in [1.82, 2.24) is 9.97 Å². The number of nitrogens with one attached hydrogen (secondary N) is 2. The Balaban J connectivity index is 1.95. The van der Waals surface area contributed by atoms with Crippen molar-refractivity contribution < 1.29 is 45.0 Å². The first-order chi connectivity index (χ1) is 16.9. The van der Waals surface area contributed by atoms with E-state index < -0.39 is 43.6 Å². The van der Waals surface area contributed by atoms with Crippen LogP contribution in [0.2, 0.25) is 0 Å². The molecule has 2 amide bonds. The lowest BCUT2D eigenvalue weighted by atomic mass is 10.1. The molecule has 2 heterocycles. The van der Waals surface area contributed by atoms with Crippen LogP contribution >= 0.6 is 0 Å². The van der Waals surface area contributed by atoms with Crippen LogP contribution in [0.5, 0.6) is 11.6 Å². The molecule has 2 aromatic heterocycles. The number of carbonyl (C=O) groups excluding carboxylic acids is 2. The molecule has 3 aromatic rings. The average Bonchev–Trinajstić information content (AvgIpc) is 2.83. The van der Waals surface area contributed by atoms with Crippen LogP contribution in [0.25, 0.3) is 0 Å². The van der Waals surface area contributed by atoms with Gasteiger partial charge in [0.1, 0.15) is 11.3 Å². The summed E-state index contributed by atoms with van der Waals surface area (Å²) in [5, 5.41) is 4.54. The van der Waals surface area contributed by atoms with Gasteiger partial charge in [-0.2, -0.15) is 17.6 Å². The fourth-order valence-corrected chi connectivity index (χ4v) is 3.70. The SMILES string of the molecule is COc1cc(C(=O)Nc2cccc(S(=O)(=O)C(F)(F)F)c2)c(NC(=O)c2c(OC)ccnc2F)cn1. The fourth-order valence-electron chi connectivity index (χ4n) is 2.89. The van der Waals surface area contributed by atoms with Crippen molar-refractivity contribution in [3.05, 3.63) is 65.9 Å². The van der Waals surface area contributed by atoms with Crippen molar-refractivity contribution >= 4 is 33.0 Å². The van der Waals surface area contributed by atoms with Gasteiger partial charge in [-0.3, -0.25) is 9.59 Å². The molecule has 0 bridgehead atoms. The van der Waals surface area contributed by atoms with Gasteiger partial charge in [-0.25, -0.2) is 18.4 Å². The zero-order valence-corrected chi connectivity index (χ0v) is 19.2. The van der Waals surface area contributed by atoms with Crippen molar-refractivity contribution in [1.29, 1.82) is 0 Å². The number of aromatic nitrogens is 2. The minimum atomic E-state index is -5.67. The number of benzene rings is 1. The molecule has 0 unspecified atom stereocenters. The third-order valence-corrected chi connectivity index (χ3v) is 6.09.